The molecular weight excluding hydrogens is 241 g/mol. The predicted octanol–water partition coefficient (Wildman–Crippen LogP) is 2.35. The minimum absolute atomic E-state index is 0.143. The second-order valence-electron chi connectivity index (χ2n) is 4.08. The molecule has 0 bridgehead atoms. The average Bonchev–Trinajstić information content (AvgIpc) is 2.28. The largest absolute Gasteiger partial charge is 0.212 e. The van der Waals surface area contributed by atoms with Crippen molar-refractivity contribution in [3.05, 3.63) is 35.1 Å². The number of aryl methyl sites for hydroxylation is 1. The monoisotopic (exact) mass is 259 g/mol. The minimum Gasteiger partial charge on any atom is -0.212 e. The Labute approximate surface area is 102 Å². The van der Waals surface area contributed by atoms with Crippen LogP contribution in [-0.4, -0.2) is 14.2 Å². The Morgan fingerprint density at radius 3 is 2.65 bits per heavy atom. The van der Waals surface area contributed by atoms with Crippen LogP contribution < -0.4 is 4.72 Å². The Kier molecular flexibility index (Phi) is 5.08. The number of nitrogens with one attached hydrogen (secondary N) is 1. The van der Waals surface area contributed by atoms with Gasteiger partial charge in [-0.15, -0.1) is 0 Å². The van der Waals surface area contributed by atoms with Gasteiger partial charge in [0.05, 0.1) is 5.75 Å². The van der Waals surface area contributed by atoms with Crippen molar-refractivity contribution >= 4 is 10.0 Å². The fourth-order valence-electron chi connectivity index (χ4n) is 1.42. The molecule has 0 aliphatic heterocycles. The van der Waals surface area contributed by atoms with Crippen molar-refractivity contribution in [3.63, 3.8) is 0 Å². The SMILES string of the molecule is CCCCS(=O)(=O)NCc1ccc(F)c(C)c1. The summed E-state index contributed by atoms with van der Waals surface area (Å²) in [5.74, 6) is -0.133. The molecule has 0 saturated carbocycles. The molecule has 0 aliphatic rings. The van der Waals surface area contributed by atoms with Crippen molar-refractivity contribution < 1.29 is 12.8 Å². The molecule has 0 aromatic heterocycles. The third-order valence-electron chi connectivity index (χ3n) is 2.49. The van der Waals surface area contributed by atoms with Gasteiger partial charge in [-0.05, 0) is 30.5 Å². The molecule has 0 aliphatic carbocycles. The van der Waals surface area contributed by atoms with E-state index in [1.54, 1.807) is 19.1 Å². The Hall–Kier alpha value is -0.940. The maximum Gasteiger partial charge on any atom is 0.211 e. The minimum atomic E-state index is -3.21. The Morgan fingerprint density at radius 1 is 1.35 bits per heavy atom. The van der Waals surface area contributed by atoms with Crippen LogP contribution in [0.15, 0.2) is 18.2 Å². The van der Waals surface area contributed by atoms with E-state index >= 15 is 0 Å². The smallest absolute Gasteiger partial charge is 0.211 e. The highest BCUT2D eigenvalue weighted by molar-refractivity contribution is 7.89. The fourth-order valence-corrected chi connectivity index (χ4v) is 2.62. The maximum atomic E-state index is 13.0. The summed E-state index contributed by atoms with van der Waals surface area (Å²) in [6.07, 6.45) is 1.49. The first-order valence-electron chi connectivity index (χ1n) is 5.67. The molecule has 17 heavy (non-hydrogen) atoms. The van der Waals surface area contributed by atoms with Gasteiger partial charge in [-0.25, -0.2) is 17.5 Å². The van der Waals surface area contributed by atoms with Crippen molar-refractivity contribution in [1.82, 2.24) is 4.72 Å². The van der Waals surface area contributed by atoms with Crippen LogP contribution in [0.2, 0.25) is 0 Å². The summed E-state index contributed by atoms with van der Waals surface area (Å²) in [6.45, 7) is 3.82. The molecule has 96 valence electrons. The van der Waals surface area contributed by atoms with E-state index in [1.807, 2.05) is 6.92 Å². The summed E-state index contributed by atoms with van der Waals surface area (Å²) >= 11 is 0. The average molecular weight is 259 g/mol. The number of halogens is 1. The van der Waals surface area contributed by atoms with Gasteiger partial charge in [0.1, 0.15) is 5.82 Å². The molecule has 0 atom stereocenters. The number of unbranched alkanes of at least 4 members (excludes halogenated alkanes) is 1. The summed E-state index contributed by atoms with van der Waals surface area (Å²) in [5.41, 5.74) is 1.29. The lowest BCUT2D eigenvalue weighted by Gasteiger charge is -2.07. The van der Waals surface area contributed by atoms with Gasteiger partial charge in [0.25, 0.3) is 0 Å². The van der Waals surface area contributed by atoms with Crippen LogP contribution >= 0.6 is 0 Å². The van der Waals surface area contributed by atoms with Gasteiger partial charge in [0, 0.05) is 6.54 Å². The van der Waals surface area contributed by atoms with E-state index in [0.717, 1.165) is 12.0 Å². The van der Waals surface area contributed by atoms with Crippen molar-refractivity contribution in [1.29, 1.82) is 0 Å². The van der Waals surface area contributed by atoms with E-state index < -0.39 is 10.0 Å². The van der Waals surface area contributed by atoms with Gasteiger partial charge in [-0.2, -0.15) is 0 Å². The van der Waals surface area contributed by atoms with Gasteiger partial charge >= 0.3 is 0 Å². The second kappa shape index (κ2) is 6.12. The Bertz CT molecular complexity index is 471. The van der Waals surface area contributed by atoms with Crippen LogP contribution in [0, 0.1) is 12.7 Å². The van der Waals surface area contributed by atoms with Gasteiger partial charge in [0.15, 0.2) is 0 Å². The van der Waals surface area contributed by atoms with E-state index in [-0.39, 0.29) is 18.1 Å². The molecule has 3 nitrogen and oxygen atoms in total. The molecule has 0 unspecified atom stereocenters. The lowest BCUT2D eigenvalue weighted by molar-refractivity contribution is 0.577. The van der Waals surface area contributed by atoms with Crippen LogP contribution in [0.5, 0.6) is 0 Å². The van der Waals surface area contributed by atoms with Crippen LogP contribution in [-0.2, 0) is 16.6 Å². The number of rotatable bonds is 6. The molecule has 1 N–H and O–H groups in total. The summed E-state index contributed by atoms with van der Waals surface area (Å²) < 4.78 is 38.6. The van der Waals surface area contributed by atoms with E-state index in [4.69, 9.17) is 0 Å². The zero-order valence-electron chi connectivity index (χ0n) is 10.2. The molecule has 1 rings (SSSR count). The lowest BCUT2D eigenvalue weighted by atomic mass is 10.1. The fraction of sp³-hybridized carbons (Fsp3) is 0.500. The second-order valence-corrected chi connectivity index (χ2v) is 6.00. The van der Waals surface area contributed by atoms with Crippen molar-refractivity contribution in [3.8, 4) is 0 Å². The molecule has 0 spiro atoms. The third-order valence-corrected chi connectivity index (χ3v) is 3.90. The van der Waals surface area contributed by atoms with E-state index in [1.165, 1.54) is 6.07 Å². The highest BCUT2D eigenvalue weighted by Crippen LogP contribution is 2.09. The van der Waals surface area contributed by atoms with Crippen LogP contribution in [0.4, 0.5) is 4.39 Å². The van der Waals surface area contributed by atoms with E-state index in [0.29, 0.717) is 12.0 Å². The van der Waals surface area contributed by atoms with E-state index in [9.17, 15) is 12.8 Å². The topological polar surface area (TPSA) is 46.2 Å². The highest BCUT2D eigenvalue weighted by Gasteiger charge is 2.09. The first kappa shape index (κ1) is 14.1. The molecule has 1 aromatic carbocycles. The number of hydrogen-bond donors (Lipinski definition) is 1. The molecule has 1 aromatic rings. The van der Waals surface area contributed by atoms with Crippen LogP contribution in [0.25, 0.3) is 0 Å². The Balaban J connectivity index is 2.58. The van der Waals surface area contributed by atoms with Gasteiger partial charge in [0.2, 0.25) is 10.0 Å². The lowest BCUT2D eigenvalue weighted by Crippen LogP contribution is -2.25. The van der Waals surface area contributed by atoms with Crippen molar-refractivity contribution in [2.75, 3.05) is 5.75 Å². The van der Waals surface area contributed by atoms with Crippen LogP contribution in [0.3, 0.4) is 0 Å². The predicted molar refractivity (Wildman–Crippen MR) is 66.7 cm³/mol. The molecule has 0 radical (unpaired) electrons. The van der Waals surface area contributed by atoms with Crippen molar-refractivity contribution in [2.45, 2.75) is 33.2 Å². The third kappa shape index (κ3) is 4.83. The molecule has 0 saturated heterocycles. The van der Waals surface area contributed by atoms with Gasteiger partial charge in [-0.3, -0.25) is 0 Å². The van der Waals surface area contributed by atoms with Gasteiger partial charge < -0.3 is 0 Å². The summed E-state index contributed by atoms with van der Waals surface area (Å²) in [6, 6.07) is 4.59. The van der Waals surface area contributed by atoms with Gasteiger partial charge in [-0.1, -0.05) is 25.5 Å². The highest BCUT2D eigenvalue weighted by atomic mass is 32.2. The standard InChI is InChI=1S/C12H18FNO2S/c1-3-4-7-17(15,16)14-9-11-5-6-12(13)10(2)8-11/h5-6,8,14H,3-4,7,9H2,1-2H3. The molecule has 5 heteroatoms. The number of sulfonamides is 1. The molecule has 0 heterocycles. The first-order chi connectivity index (χ1) is 7.94. The molecule has 0 amide bonds. The zero-order valence-corrected chi connectivity index (χ0v) is 11.0. The van der Waals surface area contributed by atoms with Crippen molar-refractivity contribution in [2.24, 2.45) is 0 Å². The number of hydrogen-bond acceptors (Lipinski definition) is 2. The quantitative estimate of drug-likeness (QED) is 0.852. The van der Waals surface area contributed by atoms with Crippen LogP contribution in [0.1, 0.15) is 30.9 Å². The summed E-state index contributed by atoms with van der Waals surface area (Å²) in [5, 5.41) is 0. The Morgan fingerprint density at radius 2 is 2.06 bits per heavy atom. The number of benzene rings is 1. The normalized spacial score (nSPS) is 11.7. The molecule has 0 fully saturated rings. The molecular formula is C12H18FNO2S. The first-order valence-corrected chi connectivity index (χ1v) is 7.32. The van der Waals surface area contributed by atoms with E-state index in [2.05, 4.69) is 4.72 Å². The summed E-state index contributed by atoms with van der Waals surface area (Å²) in [4.78, 5) is 0. The summed E-state index contributed by atoms with van der Waals surface area (Å²) in [7, 11) is -3.21. The maximum absolute atomic E-state index is 13.0. The zero-order chi connectivity index (χ0) is 12.9.